The fourth-order valence-corrected chi connectivity index (χ4v) is 1.24. The number of carbonyl (C=O) groups is 1. The van der Waals surface area contributed by atoms with Crippen molar-refractivity contribution in [3.8, 4) is 0 Å². The third kappa shape index (κ3) is 2.97. The highest BCUT2D eigenvalue weighted by Gasteiger charge is 1.99. The van der Waals surface area contributed by atoms with Crippen molar-refractivity contribution >= 4 is 6.29 Å². The smallest absolute Gasteiger partial charge is 0.138 e. The van der Waals surface area contributed by atoms with Crippen LogP contribution in [-0.2, 0) is 17.8 Å². The van der Waals surface area contributed by atoms with Gasteiger partial charge in [-0.2, -0.15) is 5.10 Å². The van der Waals surface area contributed by atoms with Gasteiger partial charge in [0, 0.05) is 19.4 Å². The van der Waals surface area contributed by atoms with E-state index in [4.69, 9.17) is 0 Å². The maximum Gasteiger partial charge on any atom is 0.138 e. The summed E-state index contributed by atoms with van der Waals surface area (Å²) in [7, 11) is 0. The van der Waals surface area contributed by atoms with Crippen LogP contribution in [0.15, 0.2) is 6.33 Å². The quantitative estimate of drug-likeness (QED) is 0.489. The molecule has 1 aromatic heterocycles. The normalized spacial score (nSPS) is 10.2. The molecule has 0 aliphatic heterocycles. The SMILES string of the molecule is CCc1ncnn1CCCCC=O. The zero-order valence-electron chi connectivity index (χ0n) is 7.94. The van der Waals surface area contributed by atoms with Gasteiger partial charge in [0.15, 0.2) is 0 Å². The minimum absolute atomic E-state index is 0.649. The molecule has 4 heteroatoms. The first-order chi connectivity index (χ1) is 6.38. The predicted molar refractivity (Wildman–Crippen MR) is 49.3 cm³/mol. The summed E-state index contributed by atoms with van der Waals surface area (Å²) in [4.78, 5) is 14.2. The lowest BCUT2D eigenvalue weighted by Gasteiger charge is -2.02. The molecular weight excluding hydrogens is 166 g/mol. The molecule has 0 amide bonds. The zero-order valence-corrected chi connectivity index (χ0v) is 7.94. The fraction of sp³-hybridized carbons (Fsp3) is 0.667. The molecule has 13 heavy (non-hydrogen) atoms. The highest BCUT2D eigenvalue weighted by Crippen LogP contribution is 2.00. The van der Waals surface area contributed by atoms with Crippen LogP contribution in [-0.4, -0.2) is 21.1 Å². The summed E-state index contributed by atoms with van der Waals surface area (Å²) in [5.41, 5.74) is 0. The van der Waals surface area contributed by atoms with Gasteiger partial charge in [-0.25, -0.2) is 4.98 Å². The summed E-state index contributed by atoms with van der Waals surface area (Å²) in [6.45, 7) is 2.93. The first-order valence-electron chi connectivity index (χ1n) is 4.68. The van der Waals surface area contributed by atoms with Crippen LogP contribution >= 0.6 is 0 Å². The number of aldehydes is 1. The lowest BCUT2D eigenvalue weighted by molar-refractivity contribution is -0.107. The molecule has 0 aliphatic carbocycles. The number of aryl methyl sites for hydroxylation is 2. The Kier molecular flexibility index (Phi) is 4.15. The summed E-state index contributed by atoms with van der Waals surface area (Å²) >= 11 is 0. The molecule has 0 spiro atoms. The number of carbonyl (C=O) groups excluding carboxylic acids is 1. The standard InChI is InChI=1S/C9H15N3O/c1-2-9-10-8-11-12(9)6-4-3-5-7-13/h7-8H,2-6H2,1H3. The van der Waals surface area contributed by atoms with Gasteiger partial charge in [-0.15, -0.1) is 0 Å². The molecule has 0 radical (unpaired) electrons. The minimum Gasteiger partial charge on any atom is -0.303 e. The molecule has 0 N–H and O–H groups in total. The Morgan fingerprint density at radius 1 is 1.54 bits per heavy atom. The van der Waals surface area contributed by atoms with E-state index in [-0.39, 0.29) is 0 Å². The Hall–Kier alpha value is -1.19. The topological polar surface area (TPSA) is 47.8 Å². The first kappa shape index (κ1) is 9.89. The van der Waals surface area contributed by atoms with Crippen molar-refractivity contribution in [1.82, 2.24) is 14.8 Å². The molecule has 1 rings (SSSR count). The third-order valence-corrected chi connectivity index (χ3v) is 1.95. The van der Waals surface area contributed by atoms with Crippen molar-refractivity contribution in [1.29, 1.82) is 0 Å². The van der Waals surface area contributed by atoms with E-state index in [1.165, 1.54) is 0 Å². The summed E-state index contributed by atoms with van der Waals surface area (Å²) in [6.07, 6.45) is 6.03. The molecule has 0 aliphatic rings. The minimum atomic E-state index is 0.649. The van der Waals surface area contributed by atoms with Crippen molar-refractivity contribution in [2.24, 2.45) is 0 Å². The van der Waals surface area contributed by atoms with Gasteiger partial charge in [0.1, 0.15) is 18.4 Å². The second-order valence-corrected chi connectivity index (χ2v) is 2.92. The van der Waals surface area contributed by atoms with E-state index in [9.17, 15) is 4.79 Å². The van der Waals surface area contributed by atoms with Crippen molar-refractivity contribution in [3.05, 3.63) is 12.2 Å². The van der Waals surface area contributed by atoms with Crippen LogP contribution in [0.3, 0.4) is 0 Å². The molecule has 0 saturated carbocycles. The fourth-order valence-electron chi connectivity index (χ4n) is 1.24. The second kappa shape index (κ2) is 5.45. The van der Waals surface area contributed by atoms with E-state index in [0.29, 0.717) is 6.42 Å². The molecule has 0 fully saturated rings. The van der Waals surface area contributed by atoms with E-state index in [2.05, 4.69) is 17.0 Å². The van der Waals surface area contributed by atoms with E-state index >= 15 is 0 Å². The van der Waals surface area contributed by atoms with Gasteiger partial charge in [-0.3, -0.25) is 4.68 Å². The van der Waals surface area contributed by atoms with Crippen molar-refractivity contribution in [3.63, 3.8) is 0 Å². The maximum absolute atomic E-state index is 10.1. The molecule has 0 atom stereocenters. The second-order valence-electron chi connectivity index (χ2n) is 2.92. The third-order valence-electron chi connectivity index (χ3n) is 1.95. The highest BCUT2D eigenvalue weighted by molar-refractivity contribution is 5.48. The number of hydrogen-bond donors (Lipinski definition) is 0. The van der Waals surface area contributed by atoms with Crippen LogP contribution in [0.25, 0.3) is 0 Å². The van der Waals surface area contributed by atoms with Gasteiger partial charge in [0.2, 0.25) is 0 Å². The van der Waals surface area contributed by atoms with Gasteiger partial charge in [-0.05, 0) is 12.8 Å². The average Bonchev–Trinajstić information content (AvgIpc) is 2.60. The van der Waals surface area contributed by atoms with Gasteiger partial charge in [0.25, 0.3) is 0 Å². The predicted octanol–water partition coefficient (Wildman–Crippen LogP) is 1.21. The summed E-state index contributed by atoms with van der Waals surface area (Å²) in [6, 6.07) is 0. The monoisotopic (exact) mass is 181 g/mol. The highest BCUT2D eigenvalue weighted by atomic mass is 16.1. The largest absolute Gasteiger partial charge is 0.303 e. The molecule has 0 saturated heterocycles. The Morgan fingerprint density at radius 2 is 2.38 bits per heavy atom. The van der Waals surface area contributed by atoms with E-state index in [0.717, 1.165) is 37.9 Å². The van der Waals surface area contributed by atoms with Crippen LogP contribution in [0.1, 0.15) is 32.0 Å². The van der Waals surface area contributed by atoms with Crippen LogP contribution in [0, 0.1) is 0 Å². The van der Waals surface area contributed by atoms with E-state index in [1.807, 2.05) is 4.68 Å². The zero-order chi connectivity index (χ0) is 9.52. The van der Waals surface area contributed by atoms with Gasteiger partial charge < -0.3 is 4.79 Å². The summed E-state index contributed by atoms with van der Waals surface area (Å²) in [5.74, 6) is 1.02. The Bertz CT molecular complexity index is 257. The Balaban J connectivity index is 2.31. The number of unbranched alkanes of at least 4 members (excludes halogenated alkanes) is 2. The number of rotatable bonds is 6. The van der Waals surface area contributed by atoms with Gasteiger partial charge >= 0.3 is 0 Å². The van der Waals surface area contributed by atoms with Crippen LogP contribution in [0.4, 0.5) is 0 Å². The first-order valence-corrected chi connectivity index (χ1v) is 4.68. The molecule has 1 heterocycles. The molecule has 4 nitrogen and oxygen atoms in total. The van der Waals surface area contributed by atoms with E-state index in [1.54, 1.807) is 6.33 Å². The van der Waals surface area contributed by atoms with Crippen molar-refractivity contribution in [2.45, 2.75) is 39.2 Å². The maximum atomic E-state index is 10.1. The van der Waals surface area contributed by atoms with Crippen LogP contribution < -0.4 is 0 Å². The molecule has 0 bridgehead atoms. The molecule has 72 valence electrons. The van der Waals surface area contributed by atoms with Gasteiger partial charge in [-0.1, -0.05) is 6.92 Å². The number of aromatic nitrogens is 3. The molecule has 0 unspecified atom stereocenters. The Morgan fingerprint density at radius 3 is 3.08 bits per heavy atom. The van der Waals surface area contributed by atoms with Crippen LogP contribution in [0.2, 0.25) is 0 Å². The summed E-state index contributed by atoms with van der Waals surface area (Å²) in [5, 5.41) is 4.10. The Labute approximate surface area is 78.0 Å². The lowest BCUT2D eigenvalue weighted by atomic mass is 10.2. The number of nitrogens with zero attached hydrogens (tertiary/aromatic N) is 3. The lowest BCUT2D eigenvalue weighted by Crippen LogP contribution is -2.05. The van der Waals surface area contributed by atoms with E-state index < -0.39 is 0 Å². The van der Waals surface area contributed by atoms with Crippen LogP contribution in [0.5, 0.6) is 0 Å². The summed E-state index contributed by atoms with van der Waals surface area (Å²) < 4.78 is 1.91. The molecule has 0 aromatic carbocycles. The van der Waals surface area contributed by atoms with Crippen molar-refractivity contribution < 1.29 is 4.79 Å². The molecular formula is C9H15N3O. The molecule has 1 aromatic rings. The van der Waals surface area contributed by atoms with Gasteiger partial charge in [0.05, 0.1) is 0 Å². The number of hydrogen-bond acceptors (Lipinski definition) is 3. The van der Waals surface area contributed by atoms with Crippen molar-refractivity contribution in [2.75, 3.05) is 0 Å². The average molecular weight is 181 g/mol.